The molecule has 0 aliphatic carbocycles. The minimum absolute atomic E-state index is 0.0540. The van der Waals surface area contributed by atoms with Crippen LogP contribution in [0.1, 0.15) is 38.7 Å². The van der Waals surface area contributed by atoms with Gasteiger partial charge in [-0.2, -0.15) is 0 Å². The molecule has 2 rings (SSSR count). The maximum absolute atomic E-state index is 12.3. The summed E-state index contributed by atoms with van der Waals surface area (Å²) in [5.41, 5.74) is 7.18. The smallest absolute Gasteiger partial charge is 0.236 e. The summed E-state index contributed by atoms with van der Waals surface area (Å²) in [7, 11) is 0. The van der Waals surface area contributed by atoms with E-state index >= 15 is 0 Å². The third-order valence-corrected chi connectivity index (χ3v) is 5.10. The molecule has 5 heteroatoms. The number of hydrogen-bond acceptors (Lipinski definition) is 3. The first-order valence-electron chi connectivity index (χ1n) is 8.30. The van der Waals surface area contributed by atoms with Gasteiger partial charge in [-0.1, -0.05) is 41.9 Å². The number of benzene rings is 1. The lowest BCUT2D eigenvalue weighted by molar-refractivity contribution is -0.123. The van der Waals surface area contributed by atoms with E-state index in [0.717, 1.165) is 30.5 Å². The number of carbonyl (C=O) groups is 1. The fourth-order valence-corrected chi connectivity index (χ4v) is 3.40. The van der Waals surface area contributed by atoms with Crippen molar-refractivity contribution >= 4 is 21.8 Å². The average molecular weight is 383 g/mol. The van der Waals surface area contributed by atoms with Gasteiger partial charge in [-0.3, -0.25) is 4.79 Å². The van der Waals surface area contributed by atoms with E-state index in [1.54, 1.807) is 0 Å². The van der Waals surface area contributed by atoms with Crippen LogP contribution in [0.5, 0.6) is 0 Å². The molecule has 1 aromatic rings. The van der Waals surface area contributed by atoms with Gasteiger partial charge in [0.2, 0.25) is 5.91 Å². The fourth-order valence-electron chi connectivity index (χ4n) is 3.14. The van der Waals surface area contributed by atoms with E-state index in [2.05, 4.69) is 59.4 Å². The van der Waals surface area contributed by atoms with Crippen LogP contribution in [0.2, 0.25) is 0 Å². The van der Waals surface area contributed by atoms with Gasteiger partial charge < -0.3 is 15.8 Å². The molecule has 1 heterocycles. The number of halogens is 1. The first kappa shape index (κ1) is 18.4. The molecule has 4 nitrogen and oxygen atoms in total. The van der Waals surface area contributed by atoms with Crippen molar-refractivity contribution in [2.75, 3.05) is 19.8 Å². The van der Waals surface area contributed by atoms with Gasteiger partial charge in [-0.05, 0) is 42.9 Å². The van der Waals surface area contributed by atoms with Crippen LogP contribution in [0.3, 0.4) is 0 Å². The van der Waals surface area contributed by atoms with Gasteiger partial charge >= 0.3 is 0 Å². The first-order valence-corrected chi connectivity index (χ1v) is 9.09. The highest BCUT2D eigenvalue weighted by atomic mass is 79.9. The summed E-state index contributed by atoms with van der Waals surface area (Å²) in [5, 5.41) is 3.08. The number of ether oxygens (including phenoxy) is 1. The highest BCUT2D eigenvalue weighted by Crippen LogP contribution is 2.35. The van der Waals surface area contributed by atoms with Gasteiger partial charge in [0.15, 0.2) is 0 Å². The van der Waals surface area contributed by atoms with Crippen molar-refractivity contribution in [3.63, 3.8) is 0 Å². The van der Waals surface area contributed by atoms with E-state index in [4.69, 9.17) is 10.5 Å². The molecule has 0 spiro atoms. The summed E-state index contributed by atoms with van der Waals surface area (Å²) in [6.07, 6.45) is 2.53. The van der Waals surface area contributed by atoms with Gasteiger partial charge in [0.1, 0.15) is 0 Å². The van der Waals surface area contributed by atoms with Crippen LogP contribution in [0.15, 0.2) is 28.7 Å². The van der Waals surface area contributed by atoms with Crippen LogP contribution in [-0.2, 0) is 14.9 Å². The number of nitrogens with two attached hydrogens (primary N) is 1. The van der Waals surface area contributed by atoms with Crippen molar-refractivity contribution in [2.24, 2.45) is 11.7 Å². The Morgan fingerprint density at radius 1 is 1.30 bits per heavy atom. The Bertz CT molecular complexity index is 510. The monoisotopic (exact) mass is 382 g/mol. The third kappa shape index (κ3) is 5.03. The summed E-state index contributed by atoms with van der Waals surface area (Å²) in [6, 6.07) is 7.94. The standard InChI is InChI=1S/C18H27BrN2O2/c1-13(2)11-16(20)17(22)21-12-18(7-9-23-10-8-18)14-3-5-15(19)6-4-14/h3-6,13,16H,7-12,20H2,1-2H3,(H,21,22)/t16-/m0/s1. The molecule has 3 N–H and O–H groups in total. The van der Waals surface area contributed by atoms with Gasteiger partial charge in [0, 0.05) is 29.6 Å². The maximum atomic E-state index is 12.3. The highest BCUT2D eigenvalue weighted by molar-refractivity contribution is 9.10. The van der Waals surface area contributed by atoms with Crippen LogP contribution < -0.4 is 11.1 Å². The predicted molar refractivity (Wildman–Crippen MR) is 96.3 cm³/mol. The Morgan fingerprint density at radius 3 is 2.48 bits per heavy atom. The van der Waals surface area contributed by atoms with Crippen LogP contribution in [0.25, 0.3) is 0 Å². The Labute approximate surface area is 147 Å². The second-order valence-electron chi connectivity index (χ2n) is 6.85. The lowest BCUT2D eigenvalue weighted by Crippen LogP contribution is -2.49. The van der Waals surface area contributed by atoms with Crippen molar-refractivity contribution in [3.05, 3.63) is 34.3 Å². The average Bonchev–Trinajstić information content (AvgIpc) is 2.53. The van der Waals surface area contributed by atoms with Crippen LogP contribution in [0.4, 0.5) is 0 Å². The van der Waals surface area contributed by atoms with E-state index in [1.807, 2.05) is 0 Å². The minimum Gasteiger partial charge on any atom is -0.381 e. The Hall–Kier alpha value is -0.910. The van der Waals surface area contributed by atoms with Gasteiger partial charge in [0.05, 0.1) is 6.04 Å². The molecule has 0 saturated carbocycles. The van der Waals surface area contributed by atoms with Gasteiger partial charge in [-0.25, -0.2) is 0 Å². The molecule has 1 saturated heterocycles. The third-order valence-electron chi connectivity index (χ3n) is 4.57. The number of rotatable bonds is 6. The van der Waals surface area contributed by atoms with Crippen molar-refractivity contribution in [1.29, 1.82) is 0 Å². The lowest BCUT2D eigenvalue weighted by Gasteiger charge is -2.38. The topological polar surface area (TPSA) is 64.4 Å². The zero-order chi connectivity index (χ0) is 16.9. The summed E-state index contributed by atoms with van der Waals surface area (Å²) in [6.45, 7) is 6.22. The Morgan fingerprint density at radius 2 is 1.91 bits per heavy atom. The molecule has 0 unspecified atom stereocenters. The van der Waals surface area contributed by atoms with Crippen LogP contribution in [-0.4, -0.2) is 31.7 Å². The van der Waals surface area contributed by atoms with Crippen molar-refractivity contribution in [1.82, 2.24) is 5.32 Å². The maximum Gasteiger partial charge on any atom is 0.236 e. The zero-order valence-corrected chi connectivity index (χ0v) is 15.6. The van der Waals surface area contributed by atoms with E-state index < -0.39 is 6.04 Å². The van der Waals surface area contributed by atoms with E-state index in [0.29, 0.717) is 18.9 Å². The molecule has 1 fully saturated rings. The zero-order valence-electron chi connectivity index (χ0n) is 14.0. The highest BCUT2D eigenvalue weighted by Gasteiger charge is 2.35. The van der Waals surface area contributed by atoms with E-state index in [1.165, 1.54) is 5.56 Å². The molecule has 0 bridgehead atoms. The normalized spacial score (nSPS) is 18.7. The van der Waals surface area contributed by atoms with Crippen LogP contribution in [0, 0.1) is 5.92 Å². The molecule has 0 aromatic heterocycles. The van der Waals surface area contributed by atoms with Gasteiger partial charge in [-0.15, -0.1) is 0 Å². The number of carbonyl (C=O) groups excluding carboxylic acids is 1. The largest absolute Gasteiger partial charge is 0.381 e. The first-order chi connectivity index (χ1) is 10.9. The van der Waals surface area contributed by atoms with Crippen molar-refractivity contribution < 1.29 is 9.53 Å². The Kier molecular flexibility index (Phi) is 6.62. The second kappa shape index (κ2) is 8.27. The molecule has 0 radical (unpaired) electrons. The summed E-state index contributed by atoms with van der Waals surface area (Å²) >= 11 is 3.48. The second-order valence-corrected chi connectivity index (χ2v) is 7.77. The molecule has 1 aliphatic rings. The molecular weight excluding hydrogens is 356 g/mol. The molecule has 1 amide bonds. The minimum atomic E-state index is -0.434. The molecule has 1 atom stereocenters. The van der Waals surface area contributed by atoms with Crippen molar-refractivity contribution in [2.45, 2.75) is 44.6 Å². The SMILES string of the molecule is CC(C)C[C@H](N)C(=O)NCC1(c2ccc(Br)cc2)CCOCC1. The van der Waals surface area contributed by atoms with Crippen LogP contribution >= 0.6 is 15.9 Å². The molecule has 128 valence electrons. The summed E-state index contributed by atoms with van der Waals surface area (Å²) < 4.78 is 6.59. The Balaban J connectivity index is 2.07. The number of nitrogens with one attached hydrogen (secondary N) is 1. The summed E-state index contributed by atoms with van der Waals surface area (Å²) in [4.78, 5) is 12.3. The quantitative estimate of drug-likeness (QED) is 0.794. The summed E-state index contributed by atoms with van der Waals surface area (Å²) in [5.74, 6) is 0.362. The van der Waals surface area contributed by atoms with E-state index in [9.17, 15) is 4.79 Å². The molecular formula is C18H27BrN2O2. The number of hydrogen-bond donors (Lipinski definition) is 2. The van der Waals surface area contributed by atoms with E-state index in [-0.39, 0.29) is 11.3 Å². The fraction of sp³-hybridized carbons (Fsp3) is 0.611. The lowest BCUT2D eigenvalue weighted by atomic mass is 9.74. The molecule has 1 aromatic carbocycles. The van der Waals surface area contributed by atoms with Crippen molar-refractivity contribution in [3.8, 4) is 0 Å². The number of amides is 1. The predicted octanol–water partition coefficient (Wildman–Crippen LogP) is 2.99. The van der Waals surface area contributed by atoms with Gasteiger partial charge in [0.25, 0.3) is 0 Å². The molecule has 1 aliphatic heterocycles. The molecule has 23 heavy (non-hydrogen) atoms.